The van der Waals surface area contributed by atoms with Crippen molar-refractivity contribution < 1.29 is 66.5 Å². The van der Waals surface area contributed by atoms with E-state index < -0.39 is 0 Å². The standard InChI is InChI=1S/C34H66N4O14S/c35-52-28-27-51-26-25-50-24-23-49-22-21-48-20-19-47-18-17-46-16-15-45-14-13-44-12-11-43-10-9-42-8-7-41-6-5-36-32(39)4-2-1-3-31-33-30(29-53-31)37-34(40)38-33/h30-31,33H,1-29,35H2,(H,36,39)(H2,37,38,40). The fourth-order valence-corrected chi connectivity index (χ4v) is 6.58. The van der Waals surface area contributed by atoms with Gasteiger partial charge in [0.05, 0.1) is 164 Å². The summed E-state index contributed by atoms with van der Waals surface area (Å²) in [6, 6.07) is 0.404. The first-order chi connectivity index (χ1) is 26.2. The Morgan fingerprint density at radius 1 is 0.566 bits per heavy atom. The highest BCUT2D eigenvalue weighted by Gasteiger charge is 2.42. The topological polar surface area (TPSA) is 207 Å². The van der Waals surface area contributed by atoms with E-state index in [0.29, 0.717) is 170 Å². The Bertz CT molecular complexity index is 859. The lowest BCUT2D eigenvalue weighted by molar-refractivity contribution is -0.121. The molecule has 0 bridgehead atoms. The number of fused-ring (bicyclic) bond motifs is 1. The fourth-order valence-electron chi connectivity index (χ4n) is 5.03. The predicted molar refractivity (Wildman–Crippen MR) is 196 cm³/mol. The number of carbonyl (C=O) groups is 2. The summed E-state index contributed by atoms with van der Waals surface area (Å²) in [5.41, 5.74) is 0. The van der Waals surface area contributed by atoms with Gasteiger partial charge in [-0.2, -0.15) is 11.8 Å². The van der Waals surface area contributed by atoms with Gasteiger partial charge in [-0.3, -0.25) is 4.79 Å². The van der Waals surface area contributed by atoms with Crippen LogP contribution in [0.4, 0.5) is 4.79 Å². The van der Waals surface area contributed by atoms with Crippen LogP contribution in [0.3, 0.4) is 0 Å². The van der Waals surface area contributed by atoms with Gasteiger partial charge >= 0.3 is 6.03 Å². The molecule has 2 aliphatic heterocycles. The molecular formula is C34H66N4O14S. The van der Waals surface area contributed by atoms with Crippen LogP contribution in [0.5, 0.6) is 0 Å². The molecule has 19 heteroatoms. The van der Waals surface area contributed by atoms with Gasteiger partial charge < -0.3 is 72.9 Å². The molecule has 312 valence electrons. The van der Waals surface area contributed by atoms with Crippen LogP contribution in [0, 0.1) is 0 Å². The smallest absolute Gasteiger partial charge is 0.315 e. The Labute approximate surface area is 319 Å². The van der Waals surface area contributed by atoms with Gasteiger partial charge in [0.2, 0.25) is 5.91 Å². The van der Waals surface area contributed by atoms with Crippen LogP contribution in [-0.4, -0.2) is 194 Å². The highest BCUT2D eigenvalue weighted by atomic mass is 32.2. The lowest BCUT2D eigenvalue weighted by Crippen LogP contribution is -2.36. The molecule has 3 unspecified atom stereocenters. The van der Waals surface area contributed by atoms with E-state index >= 15 is 0 Å². The number of nitrogens with one attached hydrogen (secondary N) is 3. The third-order valence-corrected chi connectivity index (χ3v) is 9.22. The van der Waals surface area contributed by atoms with E-state index in [4.69, 9.17) is 58.0 Å². The third-order valence-electron chi connectivity index (χ3n) is 7.71. The maximum absolute atomic E-state index is 12.0. The molecule has 3 amide bonds. The van der Waals surface area contributed by atoms with Gasteiger partial charge in [0.1, 0.15) is 0 Å². The molecule has 2 heterocycles. The maximum Gasteiger partial charge on any atom is 0.315 e. The second-order valence-electron chi connectivity index (χ2n) is 11.8. The second kappa shape index (κ2) is 36.2. The molecule has 0 aromatic heterocycles. The zero-order chi connectivity index (χ0) is 37.7. The number of amides is 3. The van der Waals surface area contributed by atoms with Crippen molar-refractivity contribution in [1.82, 2.24) is 16.0 Å². The monoisotopic (exact) mass is 786 g/mol. The molecule has 2 fully saturated rings. The van der Waals surface area contributed by atoms with Crippen molar-refractivity contribution in [3.8, 4) is 0 Å². The second-order valence-corrected chi connectivity index (χ2v) is 13.1. The van der Waals surface area contributed by atoms with Gasteiger partial charge in [-0.15, -0.1) is 0 Å². The molecule has 0 radical (unpaired) electrons. The Kier molecular flexibility index (Phi) is 32.6. The molecule has 18 nitrogen and oxygen atoms in total. The average molecular weight is 787 g/mol. The zero-order valence-corrected chi connectivity index (χ0v) is 32.3. The minimum atomic E-state index is -0.0614. The summed E-state index contributed by atoms with van der Waals surface area (Å²) in [7, 11) is 0. The van der Waals surface area contributed by atoms with Crippen LogP contribution in [0.25, 0.3) is 0 Å². The average Bonchev–Trinajstić information content (AvgIpc) is 3.72. The van der Waals surface area contributed by atoms with Gasteiger partial charge in [-0.1, -0.05) is 6.42 Å². The number of carbonyl (C=O) groups excluding carboxylic acids is 2. The first-order valence-electron chi connectivity index (χ1n) is 18.8. The molecule has 3 atom stereocenters. The van der Waals surface area contributed by atoms with Gasteiger partial charge in [-0.05, 0) is 12.8 Å². The predicted octanol–water partition coefficient (Wildman–Crippen LogP) is -0.0987. The van der Waals surface area contributed by atoms with Crippen molar-refractivity contribution in [2.45, 2.75) is 43.0 Å². The van der Waals surface area contributed by atoms with E-state index in [1.165, 1.54) is 0 Å². The quantitative estimate of drug-likeness (QED) is 0.0363. The highest BCUT2D eigenvalue weighted by Crippen LogP contribution is 2.33. The van der Waals surface area contributed by atoms with E-state index in [0.717, 1.165) is 25.0 Å². The molecule has 5 N–H and O–H groups in total. The van der Waals surface area contributed by atoms with E-state index in [2.05, 4.69) is 20.8 Å². The number of hydrogen-bond acceptors (Lipinski definition) is 16. The summed E-state index contributed by atoms with van der Waals surface area (Å²) in [4.78, 5) is 27.9. The Hall–Kier alpha value is -1.43. The van der Waals surface area contributed by atoms with Crippen LogP contribution in [-0.2, 0) is 61.7 Å². The van der Waals surface area contributed by atoms with Gasteiger partial charge in [-0.25, -0.2) is 10.7 Å². The SMILES string of the molecule is NOCCOCCOCCOCCOCCOCCOCCOCCOCCOCCOCCOCCNC(=O)CCCCC1SCC2NC(=O)NC21. The van der Waals surface area contributed by atoms with Crippen LogP contribution in [0.1, 0.15) is 25.7 Å². The molecular weight excluding hydrogens is 720 g/mol. The number of thioether (sulfide) groups is 1. The molecule has 0 aromatic carbocycles. The number of unbranched alkanes of at least 4 members (excludes halogenated alkanes) is 1. The zero-order valence-electron chi connectivity index (χ0n) is 31.4. The normalized spacial score (nSPS) is 18.0. The molecule has 2 saturated heterocycles. The van der Waals surface area contributed by atoms with Gasteiger partial charge in [0.25, 0.3) is 0 Å². The van der Waals surface area contributed by atoms with Crippen molar-refractivity contribution in [3.63, 3.8) is 0 Å². The Morgan fingerprint density at radius 2 is 0.943 bits per heavy atom. The van der Waals surface area contributed by atoms with Gasteiger partial charge in [0, 0.05) is 24.0 Å². The molecule has 2 rings (SSSR count). The number of hydrogen-bond donors (Lipinski definition) is 4. The number of urea groups is 1. The van der Waals surface area contributed by atoms with Crippen molar-refractivity contribution in [2.75, 3.05) is 164 Å². The minimum absolute atomic E-state index is 0.0421. The maximum atomic E-state index is 12.0. The van der Waals surface area contributed by atoms with E-state index in [1.807, 2.05) is 11.8 Å². The summed E-state index contributed by atoms with van der Waals surface area (Å²) in [5.74, 6) is 5.90. The molecule has 0 aliphatic carbocycles. The summed E-state index contributed by atoms with van der Waals surface area (Å²) >= 11 is 1.90. The molecule has 0 aromatic rings. The first-order valence-corrected chi connectivity index (χ1v) is 19.9. The lowest BCUT2D eigenvalue weighted by atomic mass is 10.0. The lowest BCUT2D eigenvalue weighted by Gasteiger charge is -2.16. The Morgan fingerprint density at radius 3 is 1.34 bits per heavy atom. The molecule has 53 heavy (non-hydrogen) atoms. The first kappa shape index (κ1) is 47.7. The number of nitrogens with two attached hydrogens (primary N) is 1. The van der Waals surface area contributed by atoms with Crippen LogP contribution < -0.4 is 21.8 Å². The van der Waals surface area contributed by atoms with E-state index in [1.54, 1.807) is 0 Å². The van der Waals surface area contributed by atoms with E-state index in [9.17, 15) is 9.59 Å². The highest BCUT2D eigenvalue weighted by molar-refractivity contribution is 8.00. The molecule has 0 saturated carbocycles. The summed E-state index contributed by atoms with van der Waals surface area (Å²) < 4.78 is 59.9. The van der Waals surface area contributed by atoms with Crippen LogP contribution in [0.15, 0.2) is 0 Å². The van der Waals surface area contributed by atoms with Crippen molar-refractivity contribution in [2.24, 2.45) is 5.90 Å². The van der Waals surface area contributed by atoms with Gasteiger partial charge in [0.15, 0.2) is 0 Å². The third kappa shape index (κ3) is 28.6. The largest absolute Gasteiger partial charge is 0.377 e. The number of rotatable bonds is 41. The fraction of sp³-hybridized carbons (Fsp3) is 0.941. The molecule has 2 aliphatic rings. The van der Waals surface area contributed by atoms with Crippen molar-refractivity contribution in [3.05, 3.63) is 0 Å². The van der Waals surface area contributed by atoms with Crippen molar-refractivity contribution >= 4 is 23.7 Å². The van der Waals surface area contributed by atoms with Crippen LogP contribution >= 0.6 is 11.8 Å². The van der Waals surface area contributed by atoms with Crippen molar-refractivity contribution in [1.29, 1.82) is 0 Å². The molecule has 0 spiro atoms. The minimum Gasteiger partial charge on any atom is -0.377 e. The number of ether oxygens (including phenoxy) is 11. The van der Waals surface area contributed by atoms with E-state index in [-0.39, 0.29) is 24.0 Å². The summed E-state index contributed by atoms with van der Waals surface area (Å²) in [6.45, 7) is 11.6. The Balaban J connectivity index is 1.14. The summed E-state index contributed by atoms with van der Waals surface area (Å²) in [5, 5.41) is 9.28. The van der Waals surface area contributed by atoms with Crippen LogP contribution in [0.2, 0.25) is 0 Å². The summed E-state index contributed by atoms with van der Waals surface area (Å²) in [6.07, 6.45) is 3.33.